The maximum atomic E-state index is 6.98. The zero-order chi connectivity index (χ0) is 33.2. The summed E-state index contributed by atoms with van der Waals surface area (Å²) >= 11 is 0. The van der Waals surface area contributed by atoms with E-state index in [9.17, 15) is 0 Å². The van der Waals surface area contributed by atoms with Gasteiger partial charge in [-0.3, -0.25) is 0 Å². The van der Waals surface area contributed by atoms with Crippen molar-refractivity contribution in [2.75, 3.05) is 0 Å². The molecule has 0 aromatic carbocycles. The van der Waals surface area contributed by atoms with Crippen molar-refractivity contribution in [1.29, 1.82) is 0 Å². The first kappa shape index (κ1) is 1.67. The van der Waals surface area contributed by atoms with Crippen LogP contribution in [-0.2, 0) is 0 Å². The Balaban J connectivity index is -0.000000154. The van der Waals surface area contributed by atoms with Crippen molar-refractivity contribution < 1.29 is 38.4 Å². The Morgan fingerprint density at radius 1 is 1.00 bits per heavy atom. The second-order valence-corrected chi connectivity index (χ2v) is 0.750. The van der Waals surface area contributed by atoms with Crippen LogP contribution in [0.1, 0.15) is 97.2 Å². The van der Waals surface area contributed by atoms with Gasteiger partial charge in [0.05, 0.1) is 0 Å². The van der Waals surface area contributed by atoms with Crippen LogP contribution >= 0.6 is 0 Å². The summed E-state index contributed by atoms with van der Waals surface area (Å²) < 4.78 is 184. The molecule has 0 aliphatic carbocycles. The molecule has 0 bridgehead atoms. The zero-order valence-corrected chi connectivity index (χ0v) is 9.35. The molecule has 0 nitrogen and oxygen atoms in total. The summed E-state index contributed by atoms with van der Waals surface area (Å²) in [6.45, 7) is -13.7. The van der Waals surface area contributed by atoms with E-state index in [0.717, 1.165) is 0 Å². The van der Waals surface area contributed by atoms with Crippen molar-refractivity contribution >= 4 is 23.9 Å². The Kier molecular flexibility index (Phi) is 4.95. The van der Waals surface area contributed by atoms with E-state index in [4.69, 9.17) is 37.0 Å². The fourth-order valence-electron chi connectivity index (χ4n) is 0. The zero-order valence-electron chi connectivity index (χ0n) is 33.5. The Morgan fingerprint density at radius 2 is 1.31 bits per heavy atom. The monoisotopic (exact) mass is 320 g/mol. The summed E-state index contributed by atoms with van der Waals surface area (Å²) in [7, 11) is 0. The molecule has 0 aliphatic rings. The topological polar surface area (TPSA) is 0 Å². The predicted molar refractivity (Wildman–Crippen MR) is 68.7 cm³/mol. The van der Waals surface area contributed by atoms with Crippen molar-refractivity contribution in [2.45, 2.75) is 58.8 Å². The van der Waals surface area contributed by atoms with Gasteiger partial charge in [-0.2, -0.15) is 0 Å². The second kappa shape index (κ2) is 38.5. The van der Waals surface area contributed by atoms with E-state index in [2.05, 4.69) is 0 Å². The van der Waals surface area contributed by atoms with Gasteiger partial charge in [0.25, 0.3) is 0 Å². The molecule has 0 N–H and O–H groups in total. The molecule has 0 amide bonds. The molecule has 0 rings (SSSR count). The minimum Gasteiger partial charge on any atom is -0.0654 e. The van der Waals surface area contributed by atoms with Crippen molar-refractivity contribution in [1.82, 2.24) is 0 Å². The van der Waals surface area contributed by atoms with Crippen LogP contribution in [0.25, 0.3) is 0 Å². The molecule has 0 unspecified atom stereocenters. The quantitative estimate of drug-likeness (QED) is 0.621. The molecule has 81 valence electrons. The van der Waals surface area contributed by atoms with Crippen LogP contribution < -0.4 is 0 Å². The molecular weight excluding hydrogens is 263 g/mol. The van der Waals surface area contributed by atoms with E-state index >= 15 is 0 Å². The first-order valence-corrected chi connectivity index (χ1v) is 2.25. The van der Waals surface area contributed by atoms with E-state index in [1.165, 1.54) is 0 Å². The van der Waals surface area contributed by atoms with Crippen LogP contribution in [0.3, 0.4) is 0 Å². The van der Waals surface area contributed by atoms with Crippen molar-refractivity contribution in [3.63, 3.8) is 0 Å². The van der Waals surface area contributed by atoms with Crippen LogP contribution in [0.4, 0.5) is 0 Å². The number of hydrogen-bond acceptors (Lipinski definition) is 0. The maximum absolute atomic E-state index is 6.98. The molecule has 0 aromatic rings. The van der Waals surface area contributed by atoms with E-state index in [1.54, 1.807) is 0 Å². The summed E-state index contributed by atoms with van der Waals surface area (Å²) in [4.78, 5) is 0. The van der Waals surface area contributed by atoms with Gasteiger partial charge in [-0.25, -0.2) is 0 Å². The van der Waals surface area contributed by atoms with Gasteiger partial charge < -0.3 is 0 Å². The average molecular weight is 319 g/mol. The van der Waals surface area contributed by atoms with Crippen LogP contribution in [0.5, 0.6) is 0 Å². The van der Waals surface area contributed by atoms with Gasteiger partial charge in [0.2, 0.25) is 0 Å². The average Bonchev–Trinajstić information content (AvgIpc) is 2.65. The third-order valence-corrected chi connectivity index (χ3v) is 0.188. The Morgan fingerprint density at radius 3 is 1.38 bits per heavy atom. The van der Waals surface area contributed by atoms with Crippen molar-refractivity contribution in [3.8, 4) is 0 Å². The van der Waals surface area contributed by atoms with Gasteiger partial charge >= 0.3 is 0 Å². The molecule has 7 radical (unpaired) electrons. The van der Waals surface area contributed by atoms with Crippen LogP contribution in [-0.4, -0.2) is 23.9 Å². The molecule has 0 aliphatic heterocycles. The van der Waals surface area contributed by atoms with Crippen LogP contribution in [0.15, 0.2) is 0 Å². The van der Waals surface area contributed by atoms with Crippen molar-refractivity contribution in [2.24, 2.45) is 0 Å². The molecule has 0 atom stereocenters. The van der Waals surface area contributed by atoms with Gasteiger partial charge in [0, 0.05) is 62.3 Å². The molecule has 0 saturated carbocycles. The molecule has 0 spiro atoms. The van der Waals surface area contributed by atoms with E-state index in [-0.39, 0.29) is 25.3 Å². The van der Waals surface area contributed by atoms with Crippen LogP contribution in [0, 0.1) is 20.6 Å². The van der Waals surface area contributed by atoms with Gasteiger partial charge in [-0.1, -0.05) is 79.4 Å². The molecule has 1 heteroatoms. The van der Waals surface area contributed by atoms with Gasteiger partial charge in [-0.15, -0.1) is 0 Å². The summed E-state index contributed by atoms with van der Waals surface area (Å²) in [6.07, 6.45) is -19.0. The summed E-state index contributed by atoms with van der Waals surface area (Å²) in [5, 5.41) is 0. The Hall–Kier alpha value is 0.799. The summed E-state index contributed by atoms with van der Waals surface area (Å²) in [6, 6.07) is 0. The third kappa shape index (κ3) is 103. The first-order chi connectivity index (χ1) is 16.3. The number of rotatable bonds is 6. The Labute approximate surface area is 143 Å². The first-order valence-electron chi connectivity index (χ1n) is 15.8. The van der Waals surface area contributed by atoms with Gasteiger partial charge in [0.1, 0.15) is 0 Å². The predicted octanol–water partition coefficient (Wildman–Crippen LogP) is 4.73. The van der Waals surface area contributed by atoms with Crippen molar-refractivity contribution in [3.05, 3.63) is 20.6 Å². The van der Waals surface area contributed by atoms with E-state index in [1.807, 2.05) is 0 Å². The molecule has 13 heavy (non-hydrogen) atoms. The van der Waals surface area contributed by atoms with E-state index in [0.29, 0.717) is 0 Å². The normalized spacial score (nSPS) is 47.8. The molecular formula is C12H29Sn. The fraction of sp³-hybridized carbons (Fsp3) is 0.750. The number of hydrogen-bond donors (Lipinski definition) is 0. The fourth-order valence-corrected chi connectivity index (χ4v) is 0. The molecule has 0 heterocycles. The SMILES string of the molecule is [2H][C]([2H])C([2H])([2H])C([2H])([2H])C([2H])([2H])[2H].[2H][C]([2H])C([2H])([2H])C([2H])([2H])C([2H])([2H])[2H].[2H][C]([2H])C([2H])([2H])C([2H])([2H])C([2H])([2H])[2H].[HH].[Sn]. The smallest absolute Gasteiger partial charge is 0.0267 e. The minimum absolute atomic E-state index is 0. The van der Waals surface area contributed by atoms with Crippen LogP contribution in [0.2, 0.25) is 0 Å². The van der Waals surface area contributed by atoms with Gasteiger partial charge in [0.15, 0.2) is 0 Å². The second-order valence-electron chi connectivity index (χ2n) is 0.750. The Bertz CT molecular complexity index is 637. The summed E-state index contributed by atoms with van der Waals surface area (Å²) in [5.74, 6) is 0. The third-order valence-electron chi connectivity index (χ3n) is 0.188. The van der Waals surface area contributed by atoms with E-state index < -0.39 is 79.4 Å². The summed E-state index contributed by atoms with van der Waals surface area (Å²) in [5.41, 5.74) is 0. The minimum atomic E-state index is -3.22. The molecule has 0 aromatic heterocycles. The standard InChI is InChI=1S/3C4H9.Sn.H2/c3*1-3-4-2;;/h3*1,3-4H2,2H3;;1H/i3*1D2,2D3,3D2,4D2;;. The van der Waals surface area contributed by atoms with Gasteiger partial charge in [-0.05, 0) is 0 Å². The molecule has 0 fully saturated rings. The molecule has 0 saturated heterocycles. The maximum Gasteiger partial charge on any atom is 0.0267 e. The largest absolute Gasteiger partial charge is 0.0654 e.